The Morgan fingerprint density at radius 1 is 1.37 bits per heavy atom. The molecule has 1 saturated carbocycles. The van der Waals surface area contributed by atoms with Crippen LogP contribution in [0.5, 0.6) is 0 Å². The van der Waals surface area contributed by atoms with Gasteiger partial charge in [0, 0.05) is 19.1 Å². The van der Waals surface area contributed by atoms with Crippen molar-refractivity contribution in [3.05, 3.63) is 40.7 Å². The topological polar surface area (TPSA) is 81.5 Å². The van der Waals surface area contributed by atoms with Gasteiger partial charge in [-0.2, -0.15) is 0 Å². The van der Waals surface area contributed by atoms with Gasteiger partial charge in [0.15, 0.2) is 17.2 Å². The van der Waals surface area contributed by atoms with Crippen LogP contribution in [0.2, 0.25) is 0 Å². The van der Waals surface area contributed by atoms with E-state index in [0.29, 0.717) is 12.2 Å². The third kappa shape index (κ3) is 2.63. The second-order valence-corrected chi connectivity index (χ2v) is 9.08. The Morgan fingerprint density at radius 2 is 2.17 bits per heavy atom. The summed E-state index contributed by atoms with van der Waals surface area (Å²) in [6, 6.07) is 5.71. The monoisotopic (exact) mass is 408 g/mol. The summed E-state index contributed by atoms with van der Waals surface area (Å²) in [5.74, 6) is 0.233. The first kappa shape index (κ1) is 19.5. The van der Waals surface area contributed by atoms with Crippen molar-refractivity contribution in [3.8, 4) is 0 Å². The number of hydrogen-bond acceptors (Lipinski definition) is 5. The van der Waals surface area contributed by atoms with Gasteiger partial charge in [-0.1, -0.05) is 18.2 Å². The first-order valence-corrected chi connectivity index (χ1v) is 10.9. The number of amides is 1. The lowest BCUT2D eigenvalue weighted by atomic mass is 9.61. The number of benzene rings is 1. The molecule has 2 heterocycles. The molecule has 0 aromatic heterocycles. The predicted molar refractivity (Wildman–Crippen MR) is 112 cm³/mol. The highest BCUT2D eigenvalue weighted by molar-refractivity contribution is 6.08. The fraction of sp³-hybridized carbons (Fsp3) is 0.609. The number of hydrogen-bond donors (Lipinski definition) is 1. The standard InChI is InChI=1S/C23H28N4O3/c1-25-16-6-5-15-13-22(9-7-17(29-2)8-10-22)23(19(15)12-16)20(28)27(21(24)26-23)14-18-4-3-11-30-18/h5-6,12,17-18H,3-4,7-11,13-14H2,2H3,(H2,24,26). The van der Waals surface area contributed by atoms with E-state index in [4.69, 9.17) is 26.8 Å². The zero-order chi connectivity index (χ0) is 20.9. The highest BCUT2D eigenvalue weighted by Crippen LogP contribution is 2.62. The van der Waals surface area contributed by atoms with Gasteiger partial charge >= 0.3 is 0 Å². The Kier molecular flexibility index (Phi) is 4.60. The molecule has 2 fully saturated rings. The molecular formula is C23H28N4O3. The summed E-state index contributed by atoms with van der Waals surface area (Å²) in [6.45, 7) is 8.65. The minimum Gasteiger partial charge on any atom is -0.381 e. The predicted octanol–water partition coefficient (Wildman–Crippen LogP) is 2.90. The van der Waals surface area contributed by atoms with Gasteiger partial charge in [0.25, 0.3) is 5.91 Å². The molecule has 5 rings (SSSR count). The zero-order valence-corrected chi connectivity index (χ0v) is 17.4. The molecule has 7 heteroatoms. The maximum Gasteiger partial charge on any atom is 0.262 e. The van der Waals surface area contributed by atoms with E-state index in [1.165, 1.54) is 0 Å². The van der Waals surface area contributed by atoms with Crippen LogP contribution >= 0.6 is 0 Å². The van der Waals surface area contributed by atoms with Gasteiger partial charge in [-0.05, 0) is 56.1 Å². The summed E-state index contributed by atoms with van der Waals surface area (Å²) < 4.78 is 11.4. The van der Waals surface area contributed by atoms with Crippen molar-refractivity contribution in [3.63, 3.8) is 0 Å². The summed E-state index contributed by atoms with van der Waals surface area (Å²) in [5, 5.41) is 0. The number of guanidine groups is 1. The van der Waals surface area contributed by atoms with Crippen molar-refractivity contribution in [1.82, 2.24) is 4.90 Å². The summed E-state index contributed by atoms with van der Waals surface area (Å²) >= 11 is 0. The van der Waals surface area contributed by atoms with Crippen LogP contribution in [0, 0.1) is 12.0 Å². The number of nitrogens with two attached hydrogens (primary N) is 1. The molecule has 2 spiro atoms. The largest absolute Gasteiger partial charge is 0.381 e. The van der Waals surface area contributed by atoms with Crippen molar-refractivity contribution in [2.24, 2.45) is 16.1 Å². The molecule has 158 valence electrons. The summed E-state index contributed by atoms with van der Waals surface area (Å²) in [6.07, 6.45) is 6.45. The second-order valence-electron chi connectivity index (χ2n) is 9.08. The Balaban J connectivity index is 1.59. The van der Waals surface area contributed by atoms with Gasteiger partial charge in [-0.15, -0.1) is 0 Å². The van der Waals surface area contributed by atoms with Crippen LogP contribution in [0.1, 0.15) is 49.7 Å². The van der Waals surface area contributed by atoms with Gasteiger partial charge in [0.1, 0.15) is 0 Å². The Hall–Kier alpha value is -2.43. The summed E-state index contributed by atoms with van der Waals surface area (Å²) in [4.78, 5) is 24.3. The van der Waals surface area contributed by atoms with Crippen molar-refractivity contribution >= 4 is 17.6 Å². The Labute approximate surface area is 177 Å². The number of carbonyl (C=O) groups excluding carboxylic acids is 1. The molecule has 7 nitrogen and oxygen atoms in total. The molecule has 1 aromatic carbocycles. The molecule has 2 atom stereocenters. The van der Waals surface area contributed by atoms with Crippen LogP contribution in [0.15, 0.2) is 23.2 Å². The third-order valence-electron chi connectivity index (χ3n) is 7.66. The Morgan fingerprint density at radius 3 is 2.83 bits per heavy atom. The molecule has 0 bridgehead atoms. The van der Waals surface area contributed by atoms with Crippen LogP contribution in [0.3, 0.4) is 0 Å². The maximum absolute atomic E-state index is 14.1. The van der Waals surface area contributed by atoms with E-state index in [-0.39, 0.29) is 29.5 Å². The highest BCUT2D eigenvalue weighted by Gasteiger charge is 2.66. The lowest BCUT2D eigenvalue weighted by molar-refractivity contribution is -0.139. The number of nitrogens with zero attached hydrogens (tertiary/aromatic N) is 3. The molecule has 2 N–H and O–H groups in total. The van der Waals surface area contributed by atoms with Crippen molar-refractivity contribution in [1.29, 1.82) is 0 Å². The summed E-state index contributed by atoms with van der Waals surface area (Å²) in [7, 11) is 1.75. The van der Waals surface area contributed by atoms with Crippen molar-refractivity contribution < 1.29 is 14.3 Å². The van der Waals surface area contributed by atoms with Gasteiger partial charge in [0.05, 0.1) is 25.3 Å². The number of ether oxygens (including phenoxy) is 2. The minimum atomic E-state index is -1.04. The molecule has 0 radical (unpaired) electrons. The average Bonchev–Trinajstić information content (AvgIpc) is 3.43. The van der Waals surface area contributed by atoms with E-state index in [1.807, 2.05) is 18.2 Å². The fourth-order valence-electron chi connectivity index (χ4n) is 6.09. The quantitative estimate of drug-likeness (QED) is 0.780. The average molecular weight is 409 g/mol. The molecule has 2 aliphatic carbocycles. The summed E-state index contributed by atoms with van der Waals surface area (Å²) in [5.41, 5.74) is 7.55. The number of methoxy groups -OCH3 is 1. The second kappa shape index (κ2) is 7.07. The normalized spacial score (nSPS) is 35.1. The van der Waals surface area contributed by atoms with Crippen molar-refractivity contribution in [2.45, 2.75) is 62.7 Å². The number of fused-ring (bicyclic) bond motifs is 3. The fourth-order valence-corrected chi connectivity index (χ4v) is 6.09. The maximum atomic E-state index is 14.1. The first-order valence-electron chi connectivity index (χ1n) is 10.9. The van der Waals surface area contributed by atoms with Gasteiger partial charge in [-0.3, -0.25) is 9.69 Å². The number of carbonyl (C=O) groups is 1. The van der Waals surface area contributed by atoms with E-state index in [9.17, 15) is 4.79 Å². The lowest BCUT2D eigenvalue weighted by Crippen LogP contribution is -2.53. The van der Waals surface area contributed by atoms with Crippen LogP contribution in [-0.2, 0) is 26.2 Å². The van der Waals surface area contributed by atoms with E-state index >= 15 is 0 Å². The van der Waals surface area contributed by atoms with Crippen LogP contribution in [-0.4, -0.2) is 49.2 Å². The minimum absolute atomic E-state index is 0.00785. The lowest BCUT2D eigenvalue weighted by Gasteiger charge is -2.45. The van der Waals surface area contributed by atoms with E-state index < -0.39 is 5.54 Å². The molecule has 4 aliphatic rings. The Bertz CT molecular complexity index is 938. The molecule has 1 saturated heterocycles. The molecule has 30 heavy (non-hydrogen) atoms. The molecular weight excluding hydrogens is 380 g/mol. The van der Waals surface area contributed by atoms with E-state index in [0.717, 1.165) is 62.7 Å². The van der Waals surface area contributed by atoms with Crippen molar-refractivity contribution in [2.75, 3.05) is 20.3 Å². The third-order valence-corrected chi connectivity index (χ3v) is 7.66. The molecule has 2 unspecified atom stereocenters. The van der Waals surface area contributed by atoms with Crippen LogP contribution < -0.4 is 5.73 Å². The highest BCUT2D eigenvalue weighted by atomic mass is 16.5. The number of aliphatic imine (C=N–C) groups is 1. The SMILES string of the molecule is [C-]#[N+]c1ccc2c(c1)C1(N=C(N)N(CC3CCCO3)C1=O)C1(CCC(OC)CC1)C2. The van der Waals surface area contributed by atoms with Gasteiger partial charge in [0.2, 0.25) is 0 Å². The smallest absolute Gasteiger partial charge is 0.262 e. The van der Waals surface area contributed by atoms with Gasteiger partial charge < -0.3 is 15.2 Å². The van der Waals surface area contributed by atoms with E-state index in [2.05, 4.69) is 4.85 Å². The van der Waals surface area contributed by atoms with Crippen LogP contribution in [0.4, 0.5) is 5.69 Å². The molecule has 1 aromatic rings. The zero-order valence-electron chi connectivity index (χ0n) is 17.4. The molecule has 2 aliphatic heterocycles. The van der Waals surface area contributed by atoms with Crippen LogP contribution in [0.25, 0.3) is 4.85 Å². The van der Waals surface area contributed by atoms with E-state index in [1.54, 1.807) is 12.0 Å². The molecule has 1 amide bonds. The number of rotatable bonds is 3. The van der Waals surface area contributed by atoms with Gasteiger partial charge in [-0.25, -0.2) is 9.84 Å². The first-order chi connectivity index (χ1) is 14.5.